The Bertz CT molecular complexity index is 553. The van der Waals surface area contributed by atoms with Gasteiger partial charge in [-0.05, 0) is 12.1 Å². The zero-order valence-electron chi connectivity index (χ0n) is 8.37. The third kappa shape index (κ3) is 1.45. The average Bonchev–Trinajstić information content (AvgIpc) is 2.53. The first-order chi connectivity index (χ1) is 7.75. The Balaban J connectivity index is 2.29. The fourth-order valence-corrected chi connectivity index (χ4v) is 2.89. The molecule has 3 rings (SSSR count). The lowest BCUT2D eigenvalue weighted by Gasteiger charge is -2.07. The van der Waals surface area contributed by atoms with Crippen LogP contribution in [0.5, 0.6) is 5.75 Å². The van der Waals surface area contributed by atoms with Crippen molar-refractivity contribution in [1.29, 1.82) is 0 Å². The summed E-state index contributed by atoms with van der Waals surface area (Å²) in [6.07, 6.45) is 0.829. The maximum absolute atomic E-state index is 6.11. The summed E-state index contributed by atoms with van der Waals surface area (Å²) in [5, 5.41) is 1.22. The van der Waals surface area contributed by atoms with E-state index >= 15 is 0 Å². The van der Waals surface area contributed by atoms with Gasteiger partial charge in [-0.15, -0.1) is 11.3 Å². The minimum atomic E-state index is 0.595. The summed E-state index contributed by atoms with van der Waals surface area (Å²) in [6.45, 7) is 0.616. The second-order valence-corrected chi connectivity index (χ2v) is 5.06. The number of hydrogen-bond donors (Lipinski definition) is 1. The molecule has 1 aliphatic heterocycles. The number of nitrogens with zero attached hydrogens (tertiary/aromatic N) is 1. The van der Waals surface area contributed by atoms with Gasteiger partial charge in [0.15, 0.2) is 5.13 Å². The highest BCUT2D eigenvalue weighted by Crippen LogP contribution is 2.41. The molecule has 2 heterocycles. The number of fused-ring (bicyclic) bond motifs is 3. The number of thiazole rings is 1. The molecule has 0 fully saturated rings. The Kier molecular flexibility index (Phi) is 2.26. The monoisotopic (exact) mass is 252 g/mol. The molecule has 0 unspecified atom stereocenters. The Morgan fingerprint density at radius 3 is 3.19 bits per heavy atom. The predicted octanol–water partition coefficient (Wildman–Crippen LogP) is 2.98. The van der Waals surface area contributed by atoms with Gasteiger partial charge in [0, 0.05) is 16.9 Å². The van der Waals surface area contributed by atoms with Crippen molar-refractivity contribution in [2.75, 3.05) is 12.3 Å². The van der Waals surface area contributed by atoms with E-state index in [1.807, 2.05) is 18.2 Å². The largest absolute Gasteiger partial charge is 0.491 e. The molecule has 1 aromatic heterocycles. The predicted molar refractivity (Wildman–Crippen MR) is 66.2 cm³/mol. The molecular weight excluding hydrogens is 244 g/mol. The first-order valence-electron chi connectivity index (χ1n) is 4.92. The Morgan fingerprint density at radius 2 is 2.31 bits per heavy atom. The van der Waals surface area contributed by atoms with Crippen molar-refractivity contribution in [3.8, 4) is 17.0 Å². The number of hydrogen-bond acceptors (Lipinski definition) is 4. The quantitative estimate of drug-likeness (QED) is 0.784. The molecule has 0 aliphatic carbocycles. The van der Waals surface area contributed by atoms with Gasteiger partial charge < -0.3 is 10.5 Å². The van der Waals surface area contributed by atoms with Crippen molar-refractivity contribution in [2.45, 2.75) is 6.42 Å². The second kappa shape index (κ2) is 3.64. The number of anilines is 1. The van der Waals surface area contributed by atoms with E-state index in [0.717, 1.165) is 17.7 Å². The molecule has 0 spiro atoms. The summed E-state index contributed by atoms with van der Waals surface area (Å²) in [4.78, 5) is 5.52. The van der Waals surface area contributed by atoms with Gasteiger partial charge in [0.2, 0.25) is 0 Å². The van der Waals surface area contributed by atoms with E-state index in [4.69, 9.17) is 22.1 Å². The molecule has 0 amide bonds. The van der Waals surface area contributed by atoms with Crippen LogP contribution in [0.2, 0.25) is 5.02 Å². The Labute approximate surface area is 102 Å². The van der Waals surface area contributed by atoms with Crippen molar-refractivity contribution < 1.29 is 4.74 Å². The van der Waals surface area contributed by atoms with Gasteiger partial charge in [-0.3, -0.25) is 0 Å². The fourth-order valence-electron chi connectivity index (χ4n) is 1.84. The van der Waals surface area contributed by atoms with Crippen LogP contribution in [0.15, 0.2) is 18.2 Å². The number of nitrogen functional groups attached to an aromatic ring is 1. The van der Waals surface area contributed by atoms with Crippen LogP contribution < -0.4 is 10.5 Å². The van der Waals surface area contributed by atoms with E-state index in [1.165, 1.54) is 16.2 Å². The third-order valence-electron chi connectivity index (χ3n) is 2.51. The van der Waals surface area contributed by atoms with Crippen molar-refractivity contribution in [1.82, 2.24) is 4.98 Å². The number of aromatic nitrogens is 1. The van der Waals surface area contributed by atoms with Gasteiger partial charge in [0.1, 0.15) is 5.75 Å². The summed E-state index contributed by atoms with van der Waals surface area (Å²) >= 11 is 7.62. The van der Waals surface area contributed by atoms with Crippen LogP contribution >= 0.6 is 22.9 Å². The van der Waals surface area contributed by atoms with Gasteiger partial charge >= 0.3 is 0 Å². The molecule has 2 N–H and O–H groups in total. The van der Waals surface area contributed by atoms with E-state index in [9.17, 15) is 0 Å². The van der Waals surface area contributed by atoms with E-state index in [0.29, 0.717) is 22.5 Å². The van der Waals surface area contributed by atoms with Crippen molar-refractivity contribution in [3.63, 3.8) is 0 Å². The maximum atomic E-state index is 6.11. The van der Waals surface area contributed by atoms with Crippen molar-refractivity contribution >= 4 is 28.1 Å². The number of ether oxygens (including phenoxy) is 1. The lowest BCUT2D eigenvalue weighted by atomic mass is 10.1. The molecule has 0 radical (unpaired) electrons. The molecule has 0 atom stereocenters. The highest BCUT2D eigenvalue weighted by Gasteiger charge is 2.21. The van der Waals surface area contributed by atoms with Gasteiger partial charge in [-0.25, -0.2) is 4.98 Å². The first kappa shape index (κ1) is 9.93. The van der Waals surface area contributed by atoms with Crippen molar-refractivity contribution in [3.05, 3.63) is 28.1 Å². The summed E-state index contributed by atoms with van der Waals surface area (Å²) < 4.78 is 5.65. The highest BCUT2D eigenvalue weighted by molar-refractivity contribution is 7.15. The smallest absolute Gasteiger partial charge is 0.180 e. The Morgan fingerprint density at radius 1 is 1.44 bits per heavy atom. The normalized spacial score (nSPS) is 13.6. The number of rotatable bonds is 0. The molecule has 3 nitrogen and oxygen atoms in total. The van der Waals surface area contributed by atoms with Crippen LogP contribution in [0.1, 0.15) is 4.88 Å². The average molecular weight is 253 g/mol. The van der Waals surface area contributed by atoms with E-state index in [2.05, 4.69) is 4.98 Å². The number of benzene rings is 1. The van der Waals surface area contributed by atoms with Crippen LogP contribution in [0, 0.1) is 0 Å². The van der Waals surface area contributed by atoms with Crippen LogP contribution in [-0.4, -0.2) is 11.6 Å². The Hall–Kier alpha value is -1.26. The van der Waals surface area contributed by atoms with E-state index in [1.54, 1.807) is 0 Å². The first-order valence-corrected chi connectivity index (χ1v) is 6.12. The zero-order valence-corrected chi connectivity index (χ0v) is 9.94. The lowest BCUT2D eigenvalue weighted by molar-refractivity contribution is 0.327. The molecule has 0 saturated carbocycles. The summed E-state index contributed by atoms with van der Waals surface area (Å²) in [6, 6.07) is 5.68. The van der Waals surface area contributed by atoms with Gasteiger partial charge in [-0.1, -0.05) is 17.7 Å². The van der Waals surface area contributed by atoms with Crippen molar-refractivity contribution in [2.24, 2.45) is 0 Å². The minimum Gasteiger partial charge on any atom is -0.491 e. The molecule has 0 bridgehead atoms. The molecule has 16 heavy (non-hydrogen) atoms. The van der Waals surface area contributed by atoms with Gasteiger partial charge in [0.05, 0.1) is 17.3 Å². The molecule has 1 aliphatic rings. The summed E-state index contributed by atoms with van der Waals surface area (Å²) in [5.41, 5.74) is 7.59. The van der Waals surface area contributed by atoms with E-state index < -0.39 is 0 Å². The SMILES string of the molecule is Nc1nc2c(s1)CCOc1c(Cl)cccc1-2. The second-order valence-electron chi connectivity index (χ2n) is 3.54. The van der Waals surface area contributed by atoms with Crippen LogP contribution in [-0.2, 0) is 6.42 Å². The van der Waals surface area contributed by atoms with Crippen LogP contribution in [0.25, 0.3) is 11.3 Å². The summed E-state index contributed by atoms with van der Waals surface area (Å²) in [7, 11) is 0. The number of halogens is 1. The van der Waals surface area contributed by atoms with Gasteiger partial charge in [0.25, 0.3) is 0 Å². The zero-order chi connectivity index (χ0) is 11.1. The summed E-state index contributed by atoms with van der Waals surface area (Å²) in [5.74, 6) is 0.716. The maximum Gasteiger partial charge on any atom is 0.180 e. The molecule has 2 aromatic rings. The molecule has 0 saturated heterocycles. The van der Waals surface area contributed by atoms with Crippen LogP contribution in [0.4, 0.5) is 5.13 Å². The van der Waals surface area contributed by atoms with Crippen LogP contribution in [0.3, 0.4) is 0 Å². The molecule has 1 aromatic carbocycles. The van der Waals surface area contributed by atoms with Gasteiger partial charge in [-0.2, -0.15) is 0 Å². The molecule has 5 heteroatoms. The molecular formula is C11H9ClN2OS. The topological polar surface area (TPSA) is 48.1 Å². The standard InChI is InChI=1S/C11H9ClN2OS/c12-7-3-1-2-6-9-8(16-11(13)14-9)4-5-15-10(6)7/h1-3H,4-5H2,(H2,13,14). The fraction of sp³-hybridized carbons (Fsp3) is 0.182. The minimum absolute atomic E-state index is 0.595. The highest BCUT2D eigenvalue weighted by atomic mass is 35.5. The molecule has 82 valence electrons. The third-order valence-corrected chi connectivity index (χ3v) is 3.75. The number of para-hydroxylation sites is 1. The lowest BCUT2D eigenvalue weighted by Crippen LogP contribution is -1.98. The number of nitrogens with two attached hydrogens (primary N) is 1. The van der Waals surface area contributed by atoms with E-state index in [-0.39, 0.29) is 0 Å².